The Hall–Kier alpha value is -0.160. The minimum absolute atomic E-state index is 0.212. The van der Waals surface area contributed by atoms with Crippen LogP contribution in [-0.2, 0) is 0 Å². The van der Waals surface area contributed by atoms with Crippen LogP contribution in [0.25, 0.3) is 0 Å². The standard InChI is InChI=1S/C12H29N3O/c1-5-7-13-12(11-16)10-15(4)9-6-8-14(2)3/h12-13,16H,5-11H2,1-4H3. The fraction of sp³-hybridized carbons (Fsp3) is 1.00. The predicted octanol–water partition coefficient (Wildman–Crippen LogP) is 0.230. The largest absolute Gasteiger partial charge is 0.395 e. The summed E-state index contributed by atoms with van der Waals surface area (Å²) in [6, 6.07) is 0.212. The maximum Gasteiger partial charge on any atom is 0.0597 e. The van der Waals surface area contributed by atoms with Crippen molar-refractivity contribution < 1.29 is 5.11 Å². The molecule has 0 spiro atoms. The first-order valence-electron chi connectivity index (χ1n) is 6.27. The third kappa shape index (κ3) is 9.09. The van der Waals surface area contributed by atoms with Crippen molar-refractivity contribution in [2.45, 2.75) is 25.8 Å². The number of likely N-dealkylation sites (N-methyl/N-ethyl adjacent to an activating group) is 1. The van der Waals surface area contributed by atoms with E-state index in [0.717, 1.165) is 32.6 Å². The Kier molecular flexibility index (Phi) is 9.92. The lowest BCUT2D eigenvalue weighted by molar-refractivity contribution is 0.195. The number of rotatable bonds is 10. The highest BCUT2D eigenvalue weighted by molar-refractivity contribution is 4.69. The molecule has 0 aliphatic carbocycles. The van der Waals surface area contributed by atoms with Gasteiger partial charge in [-0.2, -0.15) is 0 Å². The summed E-state index contributed by atoms with van der Waals surface area (Å²) in [6.45, 7) is 6.47. The van der Waals surface area contributed by atoms with Crippen molar-refractivity contribution in [3.63, 3.8) is 0 Å². The molecule has 0 aromatic rings. The molecule has 98 valence electrons. The topological polar surface area (TPSA) is 38.7 Å². The Bertz CT molecular complexity index is 153. The molecule has 0 aromatic carbocycles. The second-order valence-electron chi connectivity index (χ2n) is 4.75. The number of nitrogens with zero attached hydrogens (tertiary/aromatic N) is 2. The molecule has 0 saturated carbocycles. The third-order valence-corrected chi connectivity index (χ3v) is 2.58. The van der Waals surface area contributed by atoms with Crippen molar-refractivity contribution in [1.82, 2.24) is 15.1 Å². The van der Waals surface area contributed by atoms with Crippen LogP contribution in [0.2, 0.25) is 0 Å². The lowest BCUT2D eigenvalue weighted by atomic mass is 10.2. The van der Waals surface area contributed by atoms with Crippen molar-refractivity contribution >= 4 is 0 Å². The van der Waals surface area contributed by atoms with Crippen LogP contribution in [0.5, 0.6) is 0 Å². The molecular formula is C12H29N3O. The Morgan fingerprint density at radius 2 is 1.88 bits per heavy atom. The molecule has 0 rings (SSSR count). The summed E-state index contributed by atoms with van der Waals surface area (Å²) in [5.41, 5.74) is 0. The van der Waals surface area contributed by atoms with Crippen molar-refractivity contribution in [2.75, 3.05) is 53.9 Å². The average molecular weight is 231 g/mol. The molecule has 4 heteroatoms. The smallest absolute Gasteiger partial charge is 0.0597 e. The lowest BCUT2D eigenvalue weighted by Crippen LogP contribution is -2.42. The van der Waals surface area contributed by atoms with E-state index in [9.17, 15) is 5.11 Å². The predicted molar refractivity (Wildman–Crippen MR) is 69.8 cm³/mol. The maximum atomic E-state index is 9.22. The molecule has 0 fully saturated rings. The van der Waals surface area contributed by atoms with E-state index in [4.69, 9.17) is 0 Å². The normalized spacial score (nSPS) is 13.7. The molecule has 0 aromatic heterocycles. The van der Waals surface area contributed by atoms with Crippen LogP contribution in [0.1, 0.15) is 19.8 Å². The minimum Gasteiger partial charge on any atom is -0.395 e. The molecule has 1 unspecified atom stereocenters. The summed E-state index contributed by atoms with van der Waals surface area (Å²) in [4.78, 5) is 4.49. The molecule has 0 amide bonds. The van der Waals surface area contributed by atoms with Gasteiger partial charge >= 0.3 is 0 Å². The van der Waals surface area contributed by atoms with Gasteiger partial charge in [0.15, 0.2) is 0 Å². The van der Waals surface area contributed by atoms with E-state index in [0.29, 0.717) is 0 Å². The molecule has 0 aliphatic rings. The highest BCUT2D eigenvalue weighted by Gasteiger charge is 2.09. The van der Waals surface area contributed by atoms with E-state index in [1.807, 2.05) is 0 Å². The third-order valence-electron chi connectivity index (χ3n) is 2.58. The summed E-state index contributed by atoms with van der Waals surface area (Å²) < 4.78 is 0. The highest BCUT2D eigenvalue weighted by atomic mass is 16.3. The second-order valence-corrected chi connectivity index (χ2v) is 4.75. The van der Waals surface area contributed by atoms with Gasteiger partial charge in [0.1, 0.15) is 0 Å². The monoisotopic (exact) mass is 231 g/mol. The molecule has 2 N–H and O–H groups in total. The van der Waals surface area contributed by atoms with Crippen molar-refractivity contribution in [1.29, 1.82) is 0 Å². The molecule has 0 heterocycles. The van der Waals surface area contributed by atoms with Gasteiger partial charge in [-0.25, -0.2) is 0 Å². The van der Waals surface area contributed by atoms with Crippen LogP contribution < -0.4 is 5.32 Å². The zero-order valence-corrected chi connectivity index (χ0v) is 11.4. The van der Waals surface area contributed by atoms with Crippen LogP contribution >= 0.6 is 0 Å². The fourth-order valence-corrected chi connectivity index (χ4v) is 1.66. The van der Waals surface area contributed by atoms with Gasteiger partial charge in [0.2, 0.25) is 0 Å². The van der Waals surface area contributed by atoms with Gasteiger partial charge in [0.25, 0.3) is 0 Å². The van der Waals surface area contributed by atoms with Gasteiger partial charge in [-0.1, -0.05) is 6.92 Å². The Morgan fingerprint density at radius 3 is 2.38 bits per heavy atom. The SMILES string of the molecule is CCCNC(CO)CN(C)CCCN(C)C. The van der Waals surface area contributed by atoms with Crippen molar-refractivity contribution in [3.05, 3.63) is 0 Å². The Labute approximate surface area is 101 Å². The van der Waals surface area contributed by atoms with Gasteiger partial charge in [0.05, 0.1) is 6.61 Å². The molecule has 16 heavy (non-hydrogen) atoms. The average Bonchev–Trinajstić information content (AvgIpc) is 2.23. The lowest BCUT2D eigenvalue weighted by Gasteiger charge is -2.24. The van der Waals surface area contributed by atoms with Gasteiger partial charge in [0, 0.05) is 12.6 Å². The second kappa shape index (κ2) is 10.0. The summed E-state index contributed by atoms with van der Waals surface area (Å²) in [7, 11) is 6.31. The van der Waals surface area contributed by atoms with Crippen LogP contribution in [0.4, 0.5) is 0 Å². The molecule has 0 radical (unpaired) electrons. The molecule has 0 saturated heterocycles. The molecule has 1 atom stereocenters. The molecular weight excluding hydrogens is 202 g/mol. The summed E-state index contributed by atoms with van der Waals surface area (Å²) in [5.74, 6) is 0. The van der Waals surface area contributed by atoms with Crippen LogP contribution in [0, 0.1) is 0 Å². The van der Waals surface area contributed by atoms with E-state index in [1.165, 1.54) is 6.42 Å². The highest BCUT2D eigenvalue weighted by Crippen LogP contribution is 1.93. The number of nitrogens with one attached hydrogen (secondary N) is 1. The molecule has 0 aliphatic heterocycles. The summed E-state index contributed by atoms with van der Waals surface area (Å²) in [6.07, 6.45) is 2.29. The molecule has 4 nitrogen and oxygen atoms in total. The van der Waals surface area contributed by atoms with Gasteiger partial charge in [-0.3, -0.25) is 0 Å². The van der Waals surface area contributed by atoms with E-state index in [-0.39, 0.29) is 12.6 Å². The van der Waals surface area contributed by atoms with Crippen molar-refractivity contribution in [2.24, 2.45) is 0 Å². The number of hydrogen-bond donors (Lipinski definition) is 2. The van der Waals surface area contributed by atoms with Gasteiger partial charge in [-0.15, -0.1) is 0 Å². The van der Waals surface area contributed by atoms with E-state index >= 15 is 0 Å². The van der Waals surface area contributed by atoms with Crippen LogP contribution in [0.3, 0.4) is 0 Å². The van der Waals surface area contributed by atoms with Gasteiger partial charge < -0.3 is 20.2 Å². The van der Waals surface area contributed by atoms with E-state index in [2.05, 4.69) is 43.2 Å². The van der Waals surface area contributed by atoms with Crippen LogP contribution in [-0.4, -0.2) is 74.9 Å². The quantitative estimate of drug-likeness (QED) is 0.564. The fourth-order valence-electron chi connectivity index (χ4n) is 1.66. The number of aliphatic hydroxyl groups is 1. The Balaban J connectivity index is 3.60. The Morgan fingerprint density at radius 1 is 1.19 bits per heavy atom. The summed E-state index contributed by atoms with van der Waals surface area (Å²) in [5, 5.41) is 12.6. The first-order chi connectivity index (χ1) is 7.60. The zero-order chi connectivity index (χ0) is 12.4. The first kappa shape index (κ1) is 15.8. The minimum atomic E-state index is 0.212. The van der Waals surface area contributed by atoms with Crippen molar-refractivity contribution in [3.8, 4) is 0 Å². The van der Waals surface area contributed by atoms with E-state index in [1.54, 1.807) is 0 Å². The number of hydrogen-bond acceptors (Lipinski definition) is 4. The first-order valence-corrected chi connectivity index (χ1v) is 6.27. The zero-order valence-electron chi connectivity index (χ0n) is 11.4. The summed E-state index contributed by atoms with van der Waals surface area (Å²) >= 11 is 0. The van der Waals surface area contributed by atoms with Gasteiger partial charge in [-0.05, 0) is 53.6 Å². The number of aliphatic hydroxyl groups excluding tert-OH is 1. The van der Waals surface area contributed by atoms with E-state index < -0.39 is 0 Å². The maximum absolute atomic E-state index is 9.22. The van der Waals surface area contributed by atoms with Crippen LogP contribution in [0.15, 0.2) is 0 Å². The molecule has 0 bridgehead atoms.